The number of halogens is 1. The van der Waals surface area contributed by atoms with E-state index in [2.05, 4.69) is 76.4 Å². The molecule has 0 spiro atoms. The zero-order chi connectivity index (χ0) is 43.8. The van der Waals surface area contributed by atoms with Gasteiger partial charge in [0.25, 0.3) is 0 Å². The minimum atomic E-state index is -2.02. The van der Waals surface area contributed by atoms with Crippen LogP contribution in [0, 0.1) is 17.3 Å². The molecule has 11 nitrogen and oxygen atoms in total. The predicted octanol–water partition coefficient (Wildman–Crippen LogP) is 8.82. The van der Waals surface area contributed by atoms with Crippen LogP contribution < -0.4 is 15.4 Å². The molecule has 1 saturated heterocycles. The normalized spacial score (nSPS) is 24.4. The third-order valence-electron chi connectivity index (χ3n) is 11.8. The Morgan fingerprint density at radius 3 is 2.08 bits per heavy atom. The molecule has 2 aromatic rings. The number of rotatable bonds is 14. The van der Waals surface area contributed by atoms with E-state index in [4.69, 9.17) is 35.0 Å². The number of esters is 2. The number of cyclic esters (lactones) is 2. The summed E-state index contributed by atoms with van der Waals surface area (Å²) in [5.41, 5.74) is 3.06. The summed E-state index contributed by atoms with van der Waals surface area (Å²) in [6.07, 6.45) is 1.15. The molecule has 2 amide bonds. The quantitative estimate of drug-likeness (QED) is 0.108. The monoisotopic (exact) mass is 854 g/mol. The molecule has 59 heavy (non-hydrogen) atoms. The van der Waals surface area contributed by atoms with Crippen molar-refractivity contribution in [1.82, 2.24) is 10.6 Å². The number of carbonyl (C=O) groups is 4. The lowest BCUT2D eigenvalue weighted by Crippen LogP contribution is -2.51. The second-order valence-corrected chi connectivity index (χ2v) is 24.1. The van der Waals surface area contributed by atoms with Gasteiger partial charge in [0.2, 0.25) is 20.1 Å². The lowest BCUT2D eigenvalue weighted by Gasteiger charge is -2.42. The van der Waals surface area contributed by atoms with Crippen molar-refractivity contribution in [3.63, 3.8) is 0 Å². The predicted molar refractivity (Wildman–Crippen MR) is 232 cm³/mol. The molecule has 1 fully saturated rings. The van der Waals surface area contributed by atoms with E-state index in [-0.39, 0.29) is 49.9 Å². The van der Waals surface area contributed by atoms with Crippen LogP contribution >= 0.6 is 11.6 Å². The number of nitrogens with one attached hydrogen (secondary N) is 2. The summed E-state index contributed by atoms with van der Waals surface area (Å²) < 4.78 is 30.4. The maximum Gasteiger partial charge on any atom is 0.347 e. The van der Waals surface area contributed by atoms with Gasteiger partial charge in [-0.1, -0.05) is 110 Å². The van der Waals surface area contributed by atoms with E-state index < -0.39 is 55.7 Å². The van der Waals surface area contributed by atoms with Crippen molar-refractivity contribution in [3.8, 4) is 5.75 Å². The van der Waals surface area contributed by atoms with Crippen LogP contribution in [-0.2, 0) is 50.8 Å². The van der Waals surface area contributed by atoms with E-state index in [0.717, 1.165) is 11.1 Å². The molecule has 0 aromatic heterocycles. The largest absolute Gasteiger partial charge is 0.495 e. The summed E-state index contributed by atoms with van der Waals surface area (Å²) in [4.78, 5) is 54.4. The minimum absolute atomic E-state index is 0.00448. The third kappa shape index (κ3) is 12.4. The van der Waals surface area contributed by atoms with Crippen LogP contribution in [0.1, 0.15) is 112 Å². The Bertz CT molecular complexity index is 1770. The number of hydrogen-bond acceptors (Lipinski definition) is 9. The van der Waals surface area contributed by atoms with Gasteiger partial charge >= 0.3 is 11.9 Å². The van der Waals surface area contributed by atoms with E-state index in [0.29, 0.717) is 39.6 Å². The molecule has 326 valence electrons. The van der Waals surface area contributed by atoms with Crippen LogP contribution in [0.5, 0.6) is 5.75 Å². The first-order valence-corrected chi connectivity index (χ1v) is 23.6. The van der Waals surface area contributed by atoms with Gasteiger partial charge in [0.15, 0.2) is 6.10 Å². The smallest absolute Gasteiger partial charge is 0.347 e. The molecule has 2 aliphatic heterocycles. The SMILES string of the molecule is COc1ccc(C[C@H]2NC(=O)/C=C/C[C@@H]([C@H](C)[C@H]3O[C@@H]3c3ccc(CO[Si](C(C)C)(C(C)C)C(C)C)cc3)OC(=O)[C@H](CC(C)C)OC(=O)C(C)(C)CNC2=O)cc1Cl. The molecular weight excluding hydrogens is 788 g/mol. The fourth-order valence-corrected chi connectivity index (χ4v) is 14.0. The van der Waals surface area contributed by atoms with Crippen LogP contribution in [0.3, 0.4) is 0 Å². The summed E-state index contributed by atoms with van der Waals surface area (Å²) in [7, 11) is -0.512. The Kier molecular flexibility index (Phi) is 16.8. The first-order chi connectivity index (χ1) is 27.7. The minimum Gasteiger partial charge on any atom is -0.495 e. The van der Waals surface area contributed by atoms with Crippen LogP contribution in [0.4, 0.5) is 0 Å². The van der Waals surface area contributed by atoms with Gasteiger partial charge in [-0.3, -0.25) is 14.4 Å². The van der Waals surface area contributed by atoms with Crippen LogP contribution in [0.15, 0.2) is 54.6 Å². The van der Waals surface area contributed by atoms with E-state index in [9.17, 15) is 19.2 Å². The first-order valence-electron chi connectivity index (χ1n) is 21.1. The Morgan fingerprint density at radius 1 is 0.881 bits per heavy atom. The Balaban J connectivity index is 1.56. The van der Waals surface area contributed by atoms with Crippen molar-refractivity contribution < 1.29 is 42.6 Å². The van der Waals surface area contributed by atoms with Crippen molar-refractivity contribution in [2.45, 2.75) is 149 Å². The maximum atomic E-state index is 13.9. The van der Waals surface area contributed by atoms with Crippen molar-refractivity contribution >= 4 is 43.7 Å². The molecule has 0 saturated carbocycles. The van der Waals surface area contributed by atoms with E-state index in [1.807, 2.05) is 20.8 Å². The first kappa shape index (κ1) is 48.0. The van der Waals surface area contributed by atoms with Gasteiger partial charge in [-0.05, 0) is 77.7 Å². The van der Waals surface area contributed by atoms with E-state index >= 15 is 0 Å². The summed E-state index contributed by atoms with van der Waals surface area (Å²) >= 11 is 6.37. The zero-order valence-electron chi connectivity index (χ0n) is 37.1. The molecule has 2 N–H and O–H groups in total. The second kappa shape index (κ2) is 20.7. The van der Waals surface area contributed by atoms with E-state index in [1.165, 1.54) is 13.2 Å². The standard InChI is InChI=1S/C46H67ClN2O9Si/c1-27(2)22-39-44(52)56-37(31(9)41-42(58-41)34-19-16-32(17-20-34)25-55-59(28(3)4,29(5)6)30(7)8)14-13-15-40(50)49-36(24-33-18-21-38(54-12)35(47)23-33)43(51)48-26-46(10,11)45(53)57-39/h13,15-21,23,27-31,36-37,39,41-42H,14,22,24-26H2,1-12H3,(H,48,51)(H,49,50)/b15-13+/t31-,36+,37-,39-,41+,42+/m0/s1. The molecule has 2 aliphatic rings. The average molecular weight is 856 g/mol. The zero-order valence-corrected chi connectivity index (χ0v) is 38.8. The van der Waals surface area contributed by atoms with Crippen molar-refractivity contribution in [1.29, 1.82) is 0 Å². The fourth-order valence-electron chi connectivity index (χ4n) is 8.33. The van der Waals surface area contributed by atoms with Gasteiger partial charge in [0.1, 0.15) is 24.0 Å². The molecule has 2 aromatic carbocycles. The number of hydrogen-bond donors (Lipinski definition) is 2. The van der Waals surface area contributed by atoms with Crippen molar-refractivity contribution in [2.75, 3.05) is 13.7 Å². The molecular formula is C46H67ClN2O9Si. The molecule has 0 aliphatic carbocycles. The molecule has 2 heterocycles. The average Bonchev–Trinajstić information content (AvgIpc) is 3.96. The number of ether oxygens (including phenoxy) is 4. The lowest BCUT2D eigenvalue weighted by atomic mass is 9.92. The van der Waals surface area contributed by atoms with Gasteiger partial charge in [-0.15, -0.1) is 0 Å². The lowest BCUT2D eigenvalue weighted by molar-refractivity contribution is -0.179. The maximum absolute atomic E-state index is 13.9. The highest BCUT2D eigenvalue weighted by molar-refractivity contribution is 6.77. The highest BCUT2D eigenvalue weighted by atomic mass is 35.5. The van der Waals surface area contributed by atoms with Gasteiger partial charge in [0.05, 0.1) is 30.3 Å². The van der Waals surface area contributed by atoms with Crippen LogP contribution in [0.2, 0.25) is 21.6 Å². The Morgan fingerprint density at radius 2 is 1.51 bits per heavy atom. The number of carbonyl (C=O) groups excluding carboxylic acids is 4. The van der Waals surface area contributed by atoms with Crippen LogP contribution in [-0.4, -0.2) is 70.1 Å². The second-order valence-electron chi connectivity index (χ2n) is 18.2. The fraction of sp³-hybridized carbons (Fsp3) is 0.609. The molecule has 4 rings (SSSR count). The Hall–Kier alpha value is -3.71. The third-order valence-corrected chi connectivity index (χ3v) is 18.1. The molecule has 13 heteroatoms. The highest BCUT2D eigenvalue weighted by Crippen LogP contribution is 2.46. The summed E-state index contributed by atoms with van der Waals surface area (Å²) in [6.45, 7) is 23.2. The van der Waals surface area contributed by atoms with Crippen molar-refractivity contribution in [3.05, 3.63) is 76.3 Å². The summed E-state index contributed by atoms with van der Waals surface area (Å²) in [5, 5.41) is 5.96. The van der Waals surface area contributed by atoms with Gasteiger partial charge in [0, 0.05) is 25.3 Å². The number of amides is 2. The van der Waals surface area contributed by atoms with Gasteiger partial charge in [-0.2, -0.15) is 0 Å². The molecule has 0 unspecified atom stereocenters. The number of benzene rings is 2. The van der Waals surface area contributed by atoms with Crippen molar-refractivity contribution in [2.24, 2.45) is 17.3 Å². The Labute approximate surface area is 357 Å². The van der Waals surface area contributed by atoms with Gasteiger partial charge in [-0.25, -0.2) is 4.79 Å². The molecule has 0 bridgehead atoms. The van der Waals surface area contributed by atoms with Crippen LogP contribution in [0.25, 0.3) is 0 Å². The van der Waals surface area contributed by atoms with Gasteiger partial charge < -0.3 is 34.0 Å². The highest BCUT2D eigenvalue weighted by Gasteiger charge is 2.48. The summed E-state index contributed by atoms with van der Waals surface area (Å²) in [5.74, 6) is -2.14. The number of methoxy groups -OCH3 is 1. The molecule has 0 radical (unpaired) electrons. The summed E-state index contributed by atoms with van der Waals surface area (Å²) in [6, 6.07) is 12.5. The molecule has 6 atom stereocenters. The topological polar surface area (TPSA) is 142 Å². The van der Waals surface area contributed by atoms with E-state index in [1.54, 1.807) is 38.1 Å². The number of epoxide rings is 1.